The van der Waals surface area contributed by atoms with Crippen LogP contribution in [0.3, 0.4) is 0 Å². The van der Waals surface area contributed by atoms with E-state index in [1.165, 1.54) is 12.8 Å². The molecule has 1 aliphatic rings. The van der Waals surface area contributed by atoms with E-state index in [0.717, 1.165) is 23.5 Å². The summed E-state index contributed by atoms with van der Waals surface area (Å²) in [5, 5.41) is 2.92. The van der Waals surface area contributed by atoms with Gasteiger partial charge >= 0.3 is 0 Å². The maximum atomic E-state index is 12.3. The number of rotatable bonds is 8. The van der Waals surface area contributed by atoms with Gasteiger partial charge in [0.15, 0.2) is 0 Å². The van der Waals surface area contributed by atoms with Crippen molar-refractivity contribution in [3.63, 3.8) is 0 Å². The van der Waals surface area contributed by atoms with E-state index in [0.29, 0.717) is 24.3 Å². The molecular formula is C21H33NO4. The second-order valence-corrected chi connectivity index (χ2v) is 7.63. The first-order valence-electron chi connectivity index (χ1n) is 9.53. The minimum atomic E-state index is -0.101. The first-order chi connectivity index (χ1) is 12.4. The highest BCUT2D eigenvalue weighted by molar-refractivity contribution is 5.77. The molecule has 0 spiro atoms. The van der Waals surface area contributed by atoms with E-state index in [1.54, 1.807) is 14.2 Å². The lowest BCUT2D eigenvalue weighted by Crippen LogP contribution is -2.37. The van der Waals surface area contributed by atoms with Crippen molar-refractivity contribution in [3.8, 4) is 11.5 Å². The molecule has 5 nitrogen and oxygen atoms in total. The highest BCUT2D eigenvalue weighted by atomic mass is 16.5. The van der Waals surface area contributed by atoms with E-state index in [1.807, 2.05) is 18.2 Å². The Hall–Kier alpha value is -1.75. The van der Waals surface area contributed by atoms with Crippen LogP contribution in [0.25, 0.3) is 0 Å². The SMILES string of the molecule is COc1ccc(OC)c(CNC(=O)CO[C@@H]2C[C@@H](C)CC[C@@H]2C(C)C)c1. The summed E-state index contributed by atoms with van der Waals surface area (Å²) < 4.78 is 16.6. The minimum Gasteiger partial charge on any atom is -0.497 e. The van der Waals surface area contributed by atoms with Gasteiger partial charge in [0.1, 0.15) is 18.1 Å². The highest BCUT2D eigenvalue weighted by Gasteiger charge is 2.31. The highest BCUT2D eigenvalue weighted by Crippen LogP contribution is 2.35. The zero-order chi connectivity index (χ0) is 19.1. The summed E-state index contributed by atoms with van der Waals surface area (Å²) in [5.41, 5.74) is 0.881. The molecule has 5 heteroatoms. The van der Waals surface area contributed by atoms with Crippen molar-refractivity contribution in [3.05, 3.63) is 23.8 Å². The Morgan fingerprint density at radius 3 is 2.65 bits per heavy atom. The molecule has 0 heterocycles. The van der Waals surface area contributed by atoms with Crippen LogP contribution in [0.4, 0.5) is 0 Å². The number of methoxy groups -OCH3 is 2. The van der Waals surface area contributed by atoms with Gasteiger partial charge in [0.25, 0.3) is 0 Å². The van der Waals surface area contributed by atoms with Crippen molar-refractivity contribution >= 4 is 5.91 Å². The van der Waals surface area contributed by atoms with Crippen molar-refractivity contribution in [2.45, 2.75) is 52.7 Å². The Morgan fingerprint density at radius 1 is 1.23 bits per heavy atom. The molecule has 0 aromatic heterocycles. The van der Waals surface area contributed by atoms with Gasteiger partial charge < -0.3 is 19.5 Å². The molecular weight excluding hydrogens is 330 g/mol. The number of hydrogen-bond donors (Lipinski definition) is 1. The number of hydrogen-bond acceptors (Lipinski definition) is 4. The number of carbonyl (C=O) groups is 1. The van der Waals surface area contributed by atoms with Gasteiger partial charge in [-0.1, -0.05) is 27.2 Å². The van der Waals surface area contributed by atoms with Gasteiger partial charge in [-0.05, 0) is 48.8 Å². The van der Waals surface area contributed by atoms with Crippen molar-refractivity contribution in [2.24, 2.45) is 17.8 Å². The van der Waals surface area contributed by atoms with Gasteiger partial charge in [-0.15, -0.1) is 0 Å². The van der Waals surface area contributed by atoms with E-state index in [2.05, 4.69) is 26.1 Å². The fraction of sp³-hybridized carbons (Fsp3) is 0.667. The standard InChI is InChI=1S/C21H33NO4/c1-14(2)18-8-6-15(3)10-20(18)26-13-21(23)22-12-16-11-17(24-4)7-9-19(16)25-5/h7,9,11,14-15,18,20H,6,8,10,12-13H2,1-5H3,(H,22,23)/t15-,18+,20+/m0/s1. The summed E-state index contributed by atoms with van der Waals surface area (Å²) in [6, 6.07) is 5.55. The quantitative estimate of drug-likeness (QED) is 0.763. The molecule has 0 saturated heterocycles. The smallest absolute Gasteiger partial charge is 0.246 e. The third-order valence-corrected chi connectivity index (χ3v) is 5.35. The van der Waals surface area contributed by atoms with Gasteiger partial charge in [-0.3, -0.25) is 4.79 Å². The van der Waals surface area contributed by atoms with E-state index in [9.17, 15) is 4.79 Å². The fourth-order valence-corrected chi connectivity index (χ4v) is 3.75. The molecule has 0 bridgehead atoms. The van der Waals surface area contributed by atoms with Crippen LogP contribution in [0.2, 0.25) is 0 Å². The Bertz CT molecular complexity index is 587. The van der Waals surface area contributed by atoms with Crippen molar-refractivity contribution in [2.75, 3.05) is 20.8 Å². The van der Waals surface area contributed by atoms with Gasteiger partial charge in [0.05, 0.1) is 20.3 Å². The van der Waals surface area contributed by atoms with Crippen LogP contribution >= 0.6 is 0 Å². The van der Waals surface area contributed by atoms with E-state index >= 15 is 0 Å². The van der Waals surface area contributed by atoms with Gasteiger partial charge in [-0.25, -0.2) is 0 Å². The van der Waals surface area contributed by atoms with Crippen LogP contribution in [0.15, 0.2) is 18.2 Å². The Kier molecular flexibility index (Phi) is 7.76. The topological polar surface area (TPSA) is 56.8 Å². The van der Waals surface area contributed by atoms with Crippen LogP contribution in [0.5, 0.6) is 11.5 Å². The van der Waals surface area contributed by atoms with Crippen molar-refractivity contribution in [1.82, 2.24) is 5.32 Å². The van der Waals surface area contributed by atoms with Crippen molar-refractivity contribution in [1.29, 1.82) is 0 Å². The zero-order valence-electron chi connectivity index (χ0n) is 16.7. The van der Waals surface area contributed by atoms with Gasteiger partial charge in [-0.2, -0.15) is 0 Å². The monoisotopic (exact) mass is 363 g/mol. The lowest BCUT2D eigenvalue weighted by molar-refractivity contribution is -0.131. The largest absolute Gasteiger partial charge is 0.497 e. The third-order valence-electron chi connectivity index (χ3n) is 5.35. The Balaban J connectivity index is 1.87. The maximum Gasteiger partial charge on any atom is 0.246 e. The molecule has 146 valence electrons. The number of benzene rings is 1. The molecule has 3 atom stereocenters. The number of carbonyl (C=O) groups excluding carboxylic acids is 1. The lowest BCUT2D eigenvalue weighted by atomic mass is 9.75. The van der Waals surface area contributed by atoms with Crippen LogP contribution in [0.1, 0.15) is 45.6 Å². The number of amides is 1. The summed E-state index contributed by atoms with van der Waals surface area (Å²) in [5.74, 6) is 3.15. The molecule has 1 aromatic rings. The first-order valence-corrected chi connectivity index (χ1v) is 9.53. The van der Waals surface area contributed by atoms with E-state index in [-0.39, 0.29) is 18.6 Å². The lowest BCUT2D eigenvalue weighted by Gasteiger charge is -2.37. The van der Waals surface area contributed by atoms with Crippen LogP contribution < -0.4 is 14.8 Å². The van der Waals surface area contributed by atoms with Crippen molar-refractivity contribution < 1.29 is 19.0 Å². The molecule has 0 aliphatic heterocycles. The number of ether oxygens (including phenoxy) is 3. The average molecular weight is 363 g/mol. The molecule has 1 fully saturated rings. The van der Waals surface area contributed by atoms with Crippen LogP contribution in [0, 0.1) is 17.8 Å². The average Bonchev–Trinajstić information content (AvgIpc) is 2.64. The molecule has 1 aliphatic carbocycles. The molecule has 26 heavy (non-hydrogen) atoms. The summed E-state index contributed by atoms with van der Waals surface area (Å²) >= 11 is 0. The molecule has 1 amide bonds. The van der Waals surface area contributed by atoms with Crippen LogP contribution in [-0.2, 0) is 16.1 Å². The zero-order valence-corrected chi connectivity index (χ0v) is 16.7. The van der Waals surface area contributed by atoms with Gasteiger partial charge in [0.2, 0.25) is 5.91 Å². The molecule has 1 aromatic carbocycles. The second-order valence-electron chi connectivity index (χ2n) is 7.63. The Morgan fingerprint density at radius 2 is 2.00 bits per heavy atom. The predicted molar refractivity (Wildman–Crippen MR) is 102 cm³/mol. The second kappa shape index (κ2) is 9.81. The molecule has 2 rings (SSSR count). The third kappa shape index (κ3) is 5.63. The predicted octanol–water partition coefficient (Wildman–Crippen LogP) is 3.80. The summed E-state index contributed by atoms with van der Waals surface area (Å²) in [4.78, 5) is 12.3. The van der Waals surface area contributed by atoms with E-state index < -0.39 is 0 Å². The molecule has 1 N–H and O–H groups in total. The maximum absolute atomic E-state index is 12.3. The summed E-state index contributed by atoms with van der Waals surface area (Å²) in [6.07, 6.45) is 3.66. The summed E-state index contributed by atoms with van der Waals surface area (Å²) in [7, 11) is 3.24. The summed E-state index contributed by atoms with van der Waals surface area (Å²) in [6.45, 7) is 7.24. The number of nitrogens with one attached hydrogen (secondary N) is 1. The molecule has 0 radical (unpaired) electrons. The van der Waals surface area contributed by atoms with E-state index in [4.69, 9.17) is 14.2 Å². The molecule has 1 saturated carbocycles. The van der Waals surface area contributed by atoms with Gasteiger partial charge in [0, 0.05) is 12.1 Å². The van der Waals surface area contributed by atoms with Crippen LogP contribution in [-0.4, -0.2) is 32.8 Å². The normalized spacial score (nSPS) is 22.9. The minimum absolute atomic E-state index is 0.101. The fourth-order valence-electron chi connectivity index (χ4n) is 3.75. The first kappa shape index (κ1) is 20.6. The Labute approximate surface area is 157 Å². The molecule has 0 unspecified atom stereocenters.